The summed E-state index contributed by atoms with van der Waals surface area (Å²) in [6.45, 7) is 1.98. The summed E-state index contributed by atoms with van der Waals surface area (Å²) in [5.74, 6) is -4.85. The Balaban J connectivity index is 1.80. The number of imide groups is 2. The molecule has 0 aromatic heterocycles. The van der Waals surface area contributed by atoms with Crippen molar-refractivity contribution >= 4 is 94.6 Å². The minimum atomic E-state index is -1.95. The molecule has 0 radical (unpaired) electrons. The summed E-state index contributed by atoms with van der Waals surface area (Å²) >= 11 is 24.5. The van der Waals surface area contributed by atoms with E-state index in [4.69, 9.17) is 27.9 Å². The van der Waals surface area contributed by atoms with Crippen LogP contribution in [0.4, 0.5) is 0 Å². The van der Waals surface area contributed by atoms with Crippen LogP contribution in [0.3, 0.4) is 0 Å². The number of methoxy groups -OCH3 is 1. The number of rotatable bonds is 4. The lowest BCUT2D eigenvalue weighted by Crippen LogP contribution is -2.60. The van der Waals surface area contributed by atoms with E-state index >= 15 is 0 Å². The van der Waals surface area contributed by atoms with Crippen LogP contribution < -0.4 is 4.74 Å². The van der Waals surface area contributed by atoms with Crippen LogP contribution in [0, 0.1) is 17.8 Å². The van der Waals surface area contributed by atoms with Crippen LogP contribution in [0.25, 0.3) is 0 Å². The largest absolute Gasteiger partial charge is 0.503 e. The fraction of sp³-hybridized carbons (Fsp3) is 0.500. The molecule has 4 amide bonds. The monoisotopic (exact) mass is 740 g/mol. The lowest BCUT2D eigenvalue weighted by Gasteiger charge is -2.51. The maximum atomic E-state index is 13.8. The number of phenols is 1. The Morgan fingerprint density at radius 3 is 2.35 bits per heavy atom. The second kappa shape index (κ2) is 9.21. The number of nitrogens with zero attached hydrogens (tertiary/aromatic N) is 2. The minimum absolute atomic E-state index is 0.0831. The molecule has 0 bridgehead atoms. The van der Waals surface area contributed by atoms with Gasteiger partial charge in [-0.2, -0.15) is 0 Å². The first-order chi connectivity index (χ1) is 17.4. The molecule has 1 aromatic carbocycles. The maximum Gasteiger partial charge on any atom is 0.254 e. The van der Waals surface area contributed by atoms with E-state index in [1.807, 2.05) is 6.08 Å². The van der Waals surface area contributed by atoms with Crippen LogP contribution in [0.1, 0.15) is 31.2 Å². The number of aromatic hydroxyl groups is 1. The molecule has 13 heteroatoms. The first kappa shape index (κ1) is 27.4. The Hall–Kier alpha value is -1.14. The van der Waals surface area contributed by atoms with Gasteiger partial charge in [0.15, 0.2) is 21.2 Å². The van der Waals surface area contributed by atoms with Crippen LogP contribution in [-0.2, 0) is 19.2 Å². The molecular weight excluding hydrogens is 723 g/mol. The van der Waals surface area contributed by atoms with E-state index in [0.717, 1.165) is 4.90 Å². The first-order valence-corrected chi connectivity index (χ1v) is 15.0. The van der Waals surface area contributed by atoms with Crippen molar-refractivity contribution in [2.45, 2.75) is 35.4 Å². The molecule has 2 saturated heterocycles. The van der Waals surface area contributed by atoms with E-state index in [9.17, 15) is 24.3 Å². The number of carbonyl (C=O) groups is 4. The number of amides is 4. The second-order valence-electron chi connectivity index (χ2n) is 9.55. The van der Waals surface area contributed by atoms with Crippen molar-refractivity contribution in [1.82, 2.24) is 9.80 Å². The third-order valence-electron chi connectivity index (χ3n) is 8.13. The van der Waals surface area contributed by atoms with Crippen LogP contribution in [0.15, 0.2) is 26.7 Å². The number of benzene rings is 1. The van der Waals surface area contributed by atoms with Crippen LogP contribution in [-0.4, -0.2) is 67.4 Å². The average Bonchev–Trinajstić information content (AvgIpc) is 3.20. The molecule has 1 aromatic rings. The quantitative estimate of drug-likeness (QED) is 0.209. The van der Waals surface area contributed by atoms with Gasteiger partial charge in [-0.05, 0) is 69.2 Å². The van der Waals surface area contributed by atoms with Gasteiger partial charge in [0.2, 0.25) is 11.8 Å². The maximum absolute atomic E-state index is 13.8. The molecule has 6 atom stereocenters. The molecule has 0 spiro atoms. The summed E-state index contributed by atoms with van der Waals surface area (Å²) in [4.78, 5) is 52.3. The van der Waals surface area contributed by atoms with Crippen molar-refractivity contribution in [1.29, 1.82) is 0 Å². The topological polar surface area (TPSA) is 104 Å². The van der Waals surface area contributed by atoms with E-state index in [1.54, 1.807) is 13.0 Å². The van der Waals surface area contributed by atoms with Gasteiger partial charge in [-0.15, -0.1) is 23.2 Å². The molecule has 4 aliphatic rings. The zero-order valence-corrected chi connectivity index (χ0v) is 25.8. The van der Waals surface area contributed by atoms with Crippen molar-refractivity contribution in [3.63, 3.8) is 0 Å². The summed E-state index contributed by atoms with van der Waals surface area (Å²) in [5.41, 5.74) is 0.989. The fourth-order valence-electron chi connectivity index (χ4n) is 6.45. The third-order valence-corrected chi connectivity index (χ3v) is 12.2. The molecule has 0 unspecified atom stereocenters. The molecule has 5 rings (SSSR count). The van der Waals surface area contributed by atoms with Gasteiger partial charge in [0.1, 0.15) is 0 Å². The van der Waals surface area contributed by atoms with E-state index < -0.39 is 45.2 Å². The van der Waals surface area contributed by atoms with Crippen LogP contribution >= 0.6 is 71.0 Å². The molecule has 198 valence electrons. The molecule has 2 heterocycles. The Labute approximate surface area is 248 Å². The normalized spacial score (nSPS) is 34.9. The molecule has 2 aliphatic carbocycles. The molecule has 37 heavy (non-hydrogen) atoms. The number of hydrogen-bond donors (Lipinski definition) is 1. The minimum Gasteiger partial charge on any atom is -0.503 e. The molecule has 1 N–H and O–H groups in total. The lowest BCUT2D eigenvalue weighted by molar-refractivity contribution is -0.141. The van der Waals surface area contributed by atoms with Crippen molar-refractivity contribution in [3.05, 3.63) is 32.2 Å². The van der Waals surface area contributed by atoms with E-state index in [2.05, 4.69) is 47.8 Å². The Kier molecular flexibility index (Phi) is 6.83. The molecular formula is C24H21Br3Cl2N2O6. The first-order valence-electron chi connectivity index (χ1n) is 11.5. The number of allylic oxidation sites excluding steroid dienone is 2. The van der Waals surface area contributed by atoms with Gasteiger partial charge in [-0.1, -0.05) is 27.6 Å². The van der Waals surface area contributed by atoms with Gasteiger partial charge in [-0.3, -0.25) is 29.0 Å². The van der Waals surface area contributed by atoms with Crippen molar-refractivity contribution in [2.75, 3.05) is 19.1 Å². The highest BCUT2D eigenvalue weighted by Gasteiger charge is 2.76. The van der Waals surface area contributed by atoms with Gasteiger partial charge in [0.05, 0.1) is 28.9 Å². The van der Waals surface area contributed by atoms with Gasteiger partial charge in [-0.25, -0.2) is 0 Å². The predicted molar refractivity (Wildman–Crippen MR) is 146 cm³/mol. The van der Waals surface area contributed by atoms with Crippen molar-refractivity contribution in [2.24, 2.45) is 17.8 Å². The highest BCUT2D eigenvalue weighted by Crippen LogP contribution is 2.66. The highest BCUT2D eigenvalue weighted by molar-refractivity contribution is 9.13. The number of ether oxygens (including phenoxy) is 1. The lowest BCUT2D eigenvalue weighted by atomic mass is 9.56. The fourth-order valence-corrected chi connectivity index (χ4v) is 8.83. The Morgan fingerprint density at radius 1 is 1.08 bits per heavy atom. The molecule has 1 saturated carbocycles. The third kappa shape index (κ3) is 3.36. The van der Waals surface area contributed by atoms with Gasteiger partial charge in [0, 0.05) is 16.9 Å². The number of phenolic OH excluding ortho intramolecular Hbond substituents is 1. The van der Waals surface area contributed by atoms with Crippen LogP contribution in [0.2, 0.25) is 0 Å². The summed E-state index contributed by atoms with van der Waals surface area (Å²) in [7, 11) is 1.38. The Morgan fingerprint density at radius 2 is 1.76 bits per heavy atom. The van der Waals surface area contributed by atoms with Crippen molar-refractivity contribution < 1.29 is 29.0 Å². The van der Waals surface area contributed by atoms with E-state index in [-0.39, 0.29) is 52.6 Å². The Bertz CT molecular complexity index is 1310. The van der Waals surface area contributed by atoms with E-state index in [0.29, 0.717) is 15.6 Å². The number of halogens is 5. The summed E-state index contributed by atoms with van der Waals surface area (Å²) in [6, 6.07) is 1.54. The summed E-state index contributed by atoms with van der Waals surface area (Å²) < 4.78 is 6.02. The number of hydrogen-bond acceptors (Lipinski definition) is 6. The smallest absolute Gasteiger partial charge is 0.254 e. The van der Waals surface area contributed by atoms with Gasteiger partial charge >= 0.3 is 0 Å². The highest BCUT2D eigenvalue weighted by atomic mass is 79.9. The molecule has 3 fully saturated rings. The average molecular weight is 744 g/mol. The predicted octanol–water partition coefficient (Wildman–Crippen LogP) is 4.66. The number of likely N-dealkylation sites (tertiary alicyclic amines) is 2. The number of fused-ring (bicyclic) bond motifs is 4. The zero-order valence-electron chi connectivity index (χ0n) is 19.6. The summed E-state index contributed by atoms with van der Waals surface area (Å²) in [5, 5.41) is 10.6. The second-order valence-corrected chi connectivity index (χ2v) is 12.9. The molecule has 2 aliphatic heterocycles. The van der Waals surface area contributed by atoms with Gasteiger partial charge < -0.3 is 9.84 Å². The standard InChI is InChI=1S/C24H21Br3Cl2N2O6/c1-3-30-19(33)10-5-4-9-12(14(10)20(30)34)7-23(28)21(35)31(8-25)22(36)24(23,29)15(9)11-6-13(37-2)18(32)17(27)16(11)26/h4,6,10,12,14-15,32H,3,5,7-8H2,1-2H3/t10-,12+,14-,15+,23+,24-/m0/s1. The van der Waals surface area contributed by atoms with Gasteiger partial charge in [0.25, 0.3) is 11.8 Å². The summed E-state index contributed by atoms with van der Waals surface area (Å²) in [6.07, 6.45) is 2.06. The van der Waals surface area contributed by atoms with E-state index in [1.165, 1.54) is 12.0 Å². The SMILES string of the molecule is CCN1C(=O)[C@H]2[C@H](CC=C3[C@H]2C[C@@]2(Cl)C(=O)N(CBr)C(=O)[C@@]2(Cl)[C@H]3c2cc(OC)c(O)c(Br)c2Br)C1=O. The molecule has 8 nitrogen and oxygen atoms in total. The van der Waals surface area contributed by atoms with Crippen molar-refractivity contribution in [3.8, 4) is 11.5 Å². The zero-order chi connectivity index (χ0) is 27.2. The number of alkyl halides is 3. The number of carbonyl (C=O) groups excluding carboxylic acids is 4. The van der Waals surface area contributed by atoms with Crippen LogP contribution in [0.5, 0.6) is 11.5 Å².